The molecule has 2 saturated heterocycles. The van der Waals surface area contributed by atoms with E-state index >= 15 is 0 Å². The molecule has 0 unspecified atom stereocenters. The van der Waals surface area contributed by atoms with E-state index in [2.05, 4.69) is 11.0 Å². The lowest BCUT2D eigenvalue weighted by Gasteiger charge is -2.47. The van der Waals surface area contributed by atoms with Gasteiger partial charge in [-0.1, -0.05) is 29.3 Å². The molecule has 0 amide bonds. The quantitative estimate of drug-likeness (QED) is 0.844. The maximum absolute atomic E-state index is 10.2. The molecular formula is C16H21Cl2NO. The molecule has 2 aliphatic rings. The normalized spacial score (nSPS) is 34.8. The van der Waals surface area contributed by atoms with Crippen LogP contribution in [-0.2, 0) is 0 Å². The zero-order valence-electron chi connectivity index (χ0n) is 11.8. The number of fused-ring (bicyclic) bond motifs is 1. The third kappa shape index (κ3) is 2.99. The number of nitrogens with zero attached hydrogens (tertiary/aromatic N) is 1. The highest BCUT2D eigenvalue weighted by Gasteiger charge is 2.38. The van der Waals surface area contributed by atoms with Crippen LogP contribution in [0.4, 0.5) is 0 Å². The van der Waals surface area contributed by atoms with Gasteiger partial charge in [0.25, 0.3) is 0 Å². The van der Waals surface area contributed by atoms with Gasteiger partial charge in [0.05, 0.1) is 5.60 Å². The molecule has 110 valence electrons. The highest BCUT2D eigenvalue weighted by Crippen LogP contribution is 2.39. The number of halogens is 2. The van der Waals surface area contributed by atoms with E-state index in [0.717, 1.165) is 43.8 Å². The lowest BCUT2D eigenvalue weighted by Crippen LogP contribution is -2.52. The van der Waals surface area contributed by atoms with Gasteiger partial charge in [0.2, 0.25) is 0 Å². The van der Waals surface area contributed by atoms with E-state index in [1.165, 1.54) is 5.56 Å². The lowest BCUT2D eigenvalue weighted by molar-refractivity contribution is -0.0467. The SMILES string of the molecule is C[C@@]1(O)CCN2C[C@@H](c3ccc(Cl)cc3Cl)CC[C@@H]2C1. The van der Waals surface area contributed by atoms with Crippen LogP contribution in [0.3, 0.4) is 0 Å². The fourth-order valence-corrected chi connectivity index (χ4v) is 4.25. The second kappa shape index (κ2) is 5.49. The van der Waals surface area contributed by atoms with Crippen molar-refractivity contribution in [3.05, 3.63) is 33.8 Å². The summed E-state index contributed by atoms with van der Waals surface area (Å²) in [6.45, 7) is 3.99. The molecule has 20 heavy (non-hydrogen) atoms. The summed E-state index contributed by atoms with van der Waals surface area (Å²) in [4.78, 5) is 2.52. The fraction of sp³-hybridized carbons (Fsp3) is 0.625. The molecule has 0 spiro atoms. The Labute approximate surface area is 130 Å². The summed E-state index contributed by atoms with van der Waals surface area (Å²) in [6.07, 6.45) is 4.04. The first kappa shape index (κ1) is 14.6. The summed E-state index contributed by atoms with van der Waals surface area (Å²) < 4.78 is 0. The van der Waals surface area contributed by atoms with Gasteiger partial charge in [0, 0.05) is 29.2 Å². The van der Waals surface area contributed by atoms with Crippen molar-refractivity contribution in [1.82, 2.24) is 4.90 Å². The van der Waals surface area contributed by atoms with Gasteiger partial charge < -0.3 is 5.11 Å². The number of hydrogen-bond donors (Lipinski definition) is 1. The maximum atomic E-state index is 10.2. The number of rotatable bonds is 1. The average Bonchev–Trinajstić information content (AvgIpc) is 2.37. The minimum Gasteiger partial charge on any atom is -0.390 e. The summed E-state index contributed by atoms with van der Waals surface area (Å²) in [6, 6.07) is 6.36. The Bertz CT molecular complexity index is 503. The molecule has 0 aromatic heterocycles. The van der Waals surface area contributed by atoms with Gasteiger partial charge in [-0.2, -0.15) is 0 Å². The lowest BCUT2D eigenvalue weighted by atomic mass is 9.79. The van der Waals surface area contributed by atoms with Crippen LogP contribution in [0.25, 0.3) is 0 Å². The summed E-state index contributed by atoms with van der Waals surface area (Å²) in [5.74, 6) is 0.485. The second-order valence-corrected chi connectivity index (χ2v) is 7.38. The molecule has 2 aliphatic heterocycles. The summed E-state index contributed by atoms with van der Waals surface area (Å²) in [5.41, 5.74) is 0.734. The second-order valence-electron chi connectivity index (χ2n) is 6.54. The fourth-order valence-electron chi connectivity index (χ4n) is 3.69. The minimum atomic E-state index is -0.480. The summed E-state index contributed by atoms with van der Waals surface area (Å²) in [5, 5.41) is 11.7. The van der Waals surface area contributed by atoms with Crippen LogP contribution in [0.5, 0.6) is 0 Å². The molecule has 0 aliphatic carbocycles. The van der Waals surface area contributed by atoms with Crippen molar-refractivity contribution in [2.45, 2.75) is 50.2 Å². The van der Waals surface area contributed by atoms with E-state index in [1.54, 1.807) is 0 Å². The van der Waals surface area contributed by atoms with Crippen LogP contribution >= 0.6 is 23.2 Å². The van der Waals surface area contributed by atoms with Gasteiger partial charge in [0.15, 0.2) is 0 Å². The van der Waals surface area contributed by atoms with Crippen molar-refractivity contribution >= 4 is 23.2 Å². The monoisotopic (exact) mass is 313 g/mol. The Balaban J connectivity index is 1.73. The van der Waals surface area contributed by atoms with Gasteiger partial charge in [-0.05, 0) is 56.2 Å². The van der Waals surface area contributed by atoms with Gasteiger partial charge >= 0.3 is 0 Å². The largest absolute Gasteiger partial charge is 0.390 e. The first-order chi connectivity index (χ1) is 9.44. The molecule has 2 fully saturated rings. The van der Waals surface area contributed by atoms with Crippen molar-refractivity contribution in [2.75, 3.05) is 13.1 Å². The molecular weight excluding hydrogens is 293 g/mol. The molecule has 4 heteroatoms. The molecule has 1 N–H and O–H groups in total. The molecule has 2 heterocycles. The third-order valence-corrected chi connectivity index (χ3v) is 5.40. The van der Waals surface area contributed by atoms with E-state index in [4.69, 9.17) is 23.2 Å². The molecule has 3 rings (SSSR count). The molecule has 2 nitrogen and oxygen atoms in total. The molecule has 0 bridgehead atoms. The zero-order chi connectivity index (χ0) is 14.3. The van der Waals surface area contributed by atoms with E-state index in [9.17, 15) is 5.11 Å². The van der Waals surface area contributed by atoms with Gasteiger partial charge in [-0.25, -0.2) is 0 Å². The van der Waals surface area contributed by atoms with Crippen LogP contribution in [0, 0.1) is 0 Å². The predicted octanol–water partition coefficient (Wildman–Crippen LogP) is 4.09. The smallest absolute Gasteiger partial charge is 0.0646 e. The Morgan fingerprint density at radius 2 is 2.10 bits per heavy atom. The van der Waals surface area contributed by atoms with Gasteiger partial charge in [0.1, 0.15) is 0 Å². The first-order valence-electron chi connectivity index (χ1n) is 7.36. The van der Waals surface area contributed by atoms with Crippen molar-refractivity contribution in [3.63, 3.8) is 0 Å². The Hall–Kier alpha value is -0.280. The van der Waals surface area contributed by atoms with Crippen LogP contribution in [0.2, 0.25) is 10.0 Å². The van der Waals surface area contributed by atoms with E-state index in [0.29, 0.717) is 17.0 Å². The van der Waals surface area contributed by atoms with Crippen LogP contribution < -0.4 is 0 Å². The zero-order valence-corrected chi connectivity index (χ0v) is 13.3. The molecule has 3 atom stereocenters. The van der Waals surface area contributed by atoms with Gasteiger partial charge in [-0.3, -0.25) is 4.90 Å². The van der Waals surface area contributed by atoms with Crippen molar-refractivity contribution in [3.8, 4) is 0 Å². The summed E-state index contributed by atoms with van der Waals surface area (Å²) >= 11 is 12.3. The number of hydrogen-bond acceptors (Lipinski definition) is 2. The maximum Gasteiger partial charge on any atom is 0.0646 e. The highest BCUT2D eigenvalue weighted by atomic mass is 35.5. The average molecular weight is 314 g/mol. The highest BCUT2D eigenvalue weighted by molar-refractivity contribution is 6.35. The molecule has 0 saturated carbocycles. The van der Waals surface area contributed by atoms with Crippen LogP contribution in [0.15, 0.2) is 18.2 Å². The number of aliphatic hydroxyl groups is 1. The third-order valence-electron chi connectivity index (χ3n) is 4.83. The minimum absolute atomic E-state index is 0.480. The molecule has 0 radical (unpaired) electrons. The van der Waals surface area contributed by atoms with E-state index < -0.39 is 5.60 Å². The molecule has 1 aromatic rings. The summed E-state index contributed by atoms with van der Waals surface area (Å²) in [7, 11) is 0. The number of piperidine rings is 2. The van der Waals surface area contributed by atoms with E-state index in [-0.39, 0.29) is 0 Å². The molecule has 1 aromatic carbocycles. The Kier molecular flexibility index (Phi) is 4.02. The van der Waals surface area contributed by atoms with Crippen LogP contribution in [-0.4, -0.2) is 34.7 Å². The number of benzene rings is 1. The first-order valence-corrected chi connectivity index (χ1v) is 8.11. The Morgan fingerprint density at radius 1 is 1.30 bits per heavy atom. The van der Waals surface area contributed by atoms with Crippen molar-refractivity contribution in [1.29, 1.82) is 0 Å². The van der Waals surface area contributed by atoms with Crippen LogP contribution in [0.1, 0.15) is 44.1 Å². The Morgan fingerprint density at radius 3 is 2.85 bits per heavy atom. The van der Waals surface area contributed by atoms with Crippen molar-refractivity contribution < 1.29 is 5.11 Å². The predicted molar refractivity (Wildman–Crippen MR) is 83.7 cm³/mol. The van der Waals surface area contributed by atoms with E-state index in [1.807, 2.05) is 19.1 Å². The topological polar surface area (TPSA) is 23.5 Å². The standard InChI is InChI=1S/C16H21Cl2NO/c1-16(20)6-7-19-10-11(2-4-13(19)9-16)14-5-3-12(17)8-15(14)18/h3,5,8,11,13,20H,2,4,6-7,9-10H2,1H3/t11-,13+,16+/m0/s1. The van der Waals surface area contributed by atoms with Crippen molar-refractivity contribution in [2.24, 2.45) is 0 Å². The van der Waals surface area contributed by atoms with Gasteiger partial charge in [-0.15, -0.1) is 0 Å².